The van der Waals surface area contributed by atoms with Gasteiger partial charge in [-0.3, -0.25) is 0 Å². The first-order valence-corrected chi connectivity index (χ1v) is 8.23. The predicted molar refractivity (Wildman–Crippen MR) is 78.9 cm³/mol. The second kappa shape index (κ2) is 6.25. The van der Waals surface area contributed by atoms with Crippen molar-refractivity contribution in [2.75, 3.05) is 0 Å². The van der Waals surface area contributed by atoms with Gasteiger partial charge in [-0.05, 0) is 23.8 Å². The van der Waals surface area contributed by atoms with Crippen LogP contribution in [0.25, 0.3) is 0 Å². The lowest BCUT2D eigenvalue weighted by Crippen LogP contribution is -2.09. The summed E-state index contributed by atoms with van der Waals surface area (Å²) in [6.45, 7) is 0. The third-order valence-electron chi connectivity index (χ3n) is 2.87. The van der Waals surface area contributed by atoms with E-state index in [1.165, 1.54) is 18.2 Å². The highest BCUT2D eigenvalue weighted by atomic mass is 35.5. The summed E-state index contributed by atoms with van der Waals surface area (Å²) in [5, 5.41) is 9.27. The van der Waals surface area contributed by atoms with Gasteiger partial charge in [0.05, 0.1) is 17.1 Å². The highest BCUT2D eigenvalue weighted by Crippen LogP contribution is 2.18. The molecule has 0 saturated heterocycles. The second-order valence-corrected chi connectivity index (χ2v) is 7.05. The van der Waals surface area contributed by atoms with Crippen molar-refractivity contribution < 1.29 is 12.8 Å². The quantitative estimate of drug-likeness (QED) is 0.865. The molecule has 0 saturated carbocycles. The summed E-state index contributed by atoms with van der Waals surface area (Å²) in [5.74, 6) is -1.43. The highest BCUT2D eigenvalue weighted by Gasteiger charge is 2.17. The van der Waals surface area contributed by atoms with Crippen molar-refractivity contribution in [3.05, 3.63) is 70.0 Å². The van der Waals surface area contributed by atoms with Crippen LogP contribution in [0.3, 0.4) is 0 Å². The Balaban J connectivity index is 2.22. The Hall–Kier alpha value is -1.90. The number of nitriles is 1. The molecule has 108 valence electrons. The number of rotatable bonds is 4. The molecule has 0 atom stereocenters. The minimum absolute atomic E-state index is 0.00279. The summed E-state index contributed by atoms with van der Waals surface area (Å²) in [5.41, 5.74) is 0.424. The number of hydrogen-bond acceptors (Lipinski definition) is 3. The van der Waals surface area contributed by atoms with Crippen LogP contribution in [0.2, 0.25) is 5.02 Å². The van der Waals surface area contributed by atoms with Crippen molar-refractivity contribution in [3.63, 3.8) is 0 Å². The van der Waals surface area contributed by atoms with E-state index < -0.39 is 21.4 Å². The summed E-state index contributed by atoms with van der Waals surface area (Å²) in [7, 11) is -3.54. The summed E-state index contributed by atoms with van der Waals surface area (Å²) in [4.78, 5) is 0. The first-order chi connectivity index (χ1) is 9.91. The van der Waals surface area contributed by atoms with Crippen LogP contribution in [-0.4, -0.2) is 8.42 Å². The maximum absolute atomic E-state index is 13.9. The zero-order valence-corrected chi connectivity index (χ0v) is 12.5. The third kappa shape index (κ3) is 4.03. The van der Waals surface area contributed by atoms with Crippen molar-refractivity contribution in [1.29, 1.82) is 5.26 Å². The molecule has 2 rings (SSSR count). The van der Waals surface area contributed by atoms with Crippen LogP contribution >= 0.6 is 11.6 Å². The summed E-state index contributed by atoms with van der Waals surface area (Å²) >= 11 is 5.74. The molecule has 0 N–H and O–H groups in total. The standard InChI is InChI=1S/C15H11ClFNO2S/c16-14-6-4-11(5-7-14)9-21(19,20)10-13-3-1-2-12(8-18)15(13)17/h1-7H,9-10H2. The zero-order valence-electron chi connectivity index (χ0n) is 10.9. The molecular weight excluding hydrogens is 313 g/mol. The van der Waals surface area contributed by atoms with Gasteiger partial charge in [-0.1, -0.05) is 35.9 Å². The van der Waals surface area contributed by atoms with Crippen molar-refractivity contribution in [2.24, 2.45) is 0 Å². The summed E-state index contributed by atoms with van der Waals surface area (Å²) in [6, 6.07) is 12.3. The lowest BCUT2D eigenvalue weighted by Gasteiger charge is -2.07. The van der Waals surface area contributed by atoms with Crippen LogP contribution in [0.15, 0.2) is 42.5 Å². The van der Waals surface area contributed by atoms with Crippen molar-refractivity contribution in [2.45, 2.75) is 11.5 Å². The van der Waals surface area contributed by atoms with Gasteiger partial charge in [0.15, 0.2) is 9.84 Å². The van der Waals surface area contributed by atoms with E-state index in [-0.39, 0.29) is 16.9 Å². The van der Waals surface area contributed by atoms with Gasteiger partial charge >= 0.3 is 0 Å². The molecule has 21 heavy (non-hydrogen) atoms. The molecule has 0 unspecified atom stereocenters. The first kappa shape index (κ1) is 15.5. The van der Waals surface area contributed by atoms with Crippen molar-refractivity contribution >= 4 is 21.4 Å². The van der Waals surface area contributed by atoms with Crippen LogP contribution in [0.1, 0.15) is 16.7 Å². The van der Waals surface area contributed by atoms with E-state index in [0.717, 1.165) is 0 Å². The molecule has 3 nitrogen and oxygen atoms in total. The molecule has 0 amide bonds. The van der Waals surface area contributed by atoms with E-state index in [1.807, 2.05) is 0 Å². The molecule has 0 fully saturated rings. The first-order valence-electron chi connectivity index (χ1n) is 6.03. The Kier molecular flexibility index (Phi) is 4.61. The Morgan fingerprint density at radius 3 is 2.38 bits per heavy atom. The van der Waals surface area contributed by atoms with Crippen LogP contribution in [0.4, 0.5) is 4.39 Å². The number of nitrogens with zero attached hydrogens (tertiary/aromatic N) is 1. The zero-order chi connectivity index (χ0) is 15.5. The Morgan fingerprint density at radius 2 is 1.76 bits per heavy atom. The molecule has 2 aromatic rings. The lowest BCUT2D eigenvalue weighted by atomic mass is 10.1. The fourth-order valence-electron chi connectivity index (χ4n) is 1.90. The van der Waals surface area contributed by atoms with Crippen molar-refractivity contribution in [1.82, 2.24) is 0 Å². The van der Waals surface area contributed by atoms with Gasteiger partial charge in [-0.15, -0.1) is 0 Å². The Morgan fingerprint density at radius 1 is 1.10 bits per heavy atom. The number of hydrogen-bond donors (Lipinski definition) is 0. The van der Waals surface area contributed by atoms with E-state index in [9.17, 15) is 12.8 Å². The van der Waals surface area contributed by atoms with Gasteiger partial charge in [0.1, 0.15) is 11.9 Å². The fraction of sp³-hybridized carbons (Fsp3) is 0.133. The molecule has 0 aliphatic carbocycles. The number of benzene rings is 2. The van der Waals surface area contributed by atoms with Crippen molar-refractivity contribution in [3.8, 4) is 6.07 Å². The van der Waals surface area contributed by atoms with Gasteiger partial charge in [0.25, 0.3) is 0 Å². The van der Waals surface area contributed by atoms with Crippen LogP contribution in [0.5, 0.6) is 0 Å². The molecule has 0 bridgehead atoms. The molecule has 0 spiro atoms. The van der Waals surface area contributed by atoms with Crippen LogP contribution < -0.4 is 0 Å². The molecule has 0 aromatic heterocycles. The molecule has 0 heterocycles. The molecule has 0 aliphatic heterocycles. The average molecular weight is 324 g/mol. The van der Waals surface area contributed by atoms with E-state index in [0.29, 0.717) is 10.6 Å². The largest absolute Gasteiger partial charge is 0.228 e. The van der Waals surface area contributed by atoms with E-state index >= 15 is 0 Å². The SMILES string of the molecule is N#Cc1cccc(CS(=O)(=O)Cc2ccc(Cl)cc2)c1F. The van der Waals surface area contributed by atoms with E-state index in [1.54, 1.807) is 30.3 Å². The topological polar surface area (TPSA) is 57.9 Å². The fourth-order valence-corrected chi connectivity index (χ4v) is 3.53. The maximum Gasteiger partial charge on any atom is 0.158 e. The monoisotopic (exact) mass is 323 g/mol. The van der Waals surface area contributed by atoms with Gasteiger partial charge in [-0.25, -0.2) is 12.8 Å². The molecular formula is C15H11ClFNO2S. The normalized spacial score (nSPS) is 11.1. The summed E-state index contributed by atoms with van der Waals surface area (Å²) < 4.78 is 38.1. The smallest absolute Gasteiger partial charge is 0.158 e. The second-order valence-electron chi connectivity index (χ2n) is 4.55. The van der Waals surface area contributed by atoms with Crippen LogP contribution in [0, 0.1) is 17.1 Å². The minimum Gasteiger partial charge on any atom is -0.228 e. The molecule has 0 aliphatic rings. The van der Waals surface area contributed by atoms with Crippen LogP contribution in [-0.2, 0) is 21.3 Å². The Labute approximate surface area is 127 Å². The third-order valence-corrected chi connectivity index (χ3v) is 4.65. The molecule has 6 heteroatoms. The van der Waals surface area contributed by atoms with Gasteiger partial charge in [0.2, 0.25) is 0 Å². The average Bonchev–Trinajstić information content (AvgIpc) is 2.43. The van der Waals surface area contributed by atoms with Gasteiger partial charge in [-0.2, -0.15) is 5.26 Å². The van der Waals surface area contributed by atoms with E-state index in [2.05, 4.69) is 0 Å². The summed E-state index contributed by atoms with van der Waals surface area (Å²) in [6.07, 6.45) is 0. The molecule has 2 aromatic carbocycles. The predicted octanol–water partition coefficient (Wildman–Crippen LogP) is 3.47. The lowest BCUT2D eigenvalue weighted by molar-refractivity contribution is 0.585. The number of halogens is 2. The van der Waals surface area contributed by atoms with E-state index in [4.69, 9.17) is 16.9 Å². The Bertz CT molecular complexity index is 795. The maximum atomic E-state index is 13.9. The minimum atomic E-state index is -3.54. The van der Waals surface area contributed by atoms with Gasteiger partial charge < -0.3 is 0 Å². The molecule has 0 radical (unpaired) electrons. The van der Waals surface area contributed by atoms with Gasteiger partial charge in [0, 0.05) is 10.6 Å². The highest BCUT2D eigenvalue weighted by molar-refractivity contribution is 7.89. The number of sulfone groups is 1.